The monoisotopic (exact) mass is 302 g/mol. The highest BCUT2D eigenvalue weighted by atomic mass is 16.4. The lowest BCUT2D eigenvalue weighted by Crippen LogP contribution is -2.34. The highest BCUT2D eigenvalue weighted by Gasteiger charge is 2.15. The largest absolute Gasteiger partial charge is 0.478 e. The molecule has 0 unspecified atom stereocenters. The maximum atomic E-state index is 11.0. The van der Waals surface area contributed by atoms with Crippen LogP contribution in [0.5, 0.6) is 0 Å². The molecule has 0 amide bonds. The zero-order valence-electron chi connectivity index (χ0n) is 11.3. The molecule has 0 saturated carbocycles. The molecule has 0 aliphatic carbocycles. The first-order chi connectivity index (χ1) is 10.4. The minimum absolute atomic E-state index is 0.0790. The summed E-state index contributed by atoms with van der Waals surface area (Å²) in [5.41, 5.74) is 0.259. The van der Waals surface area contributed by atoms with Gasteiger partial charge >= 0.3 is 17.9 Å². The van der Waals surface area contributed by atoms with Crippen LogP contribution in [0.25, 0.3) is 0 Å². The minimum Gasteiger partial charge on any atom is -0.478 e. The van der Waals surface area contributed by atoms with Crippen molar-refractivity contribution in [2.24, 2.45) is 0 Å². The lowest BCUT2D eigenvalue weighted by molar-refractivity contribution is -0.688. The van der Waals surface area contributed by atoms with Crippen LogP contribution >= 0.6 is 0 Å². The molecule has 3 N–H and O–H groups in total. The summed E-state index contributed by atoms with van der Waals surface area (Å²) in [6.07, 6.45) is 3.00. The fourth-order valence-electron chi connectivity index (χ4n) is 1.99. The Hall–Kier alpha value is -3.22. The second-order valence-electron chi connectivity index (χ2n) is 4.60. The number of aromatic nitrogens is 1. The van der Waals surface area contributed by atoms with E-state index in [2.05, 4.69) is 0 Å². The van der Waals surface area contributed by atoms with E-state index in [0.717, 1.165) is 6.07 Å². The van der Waals surface area contributed by atoms with Crippen molar-refractivity contribution in [1.82, 2.24) is 0 Å². The Kier molecular flexibility index (Phi) is 4.17. The van der Waals surface area contributed by atoms with Gasteiger partial charge in [-0.05, 0) is 24.3 Å². The topological polar surface area (TPSA) is 116 Å². The molecule has 1 heterocycles. The molecule has 0 saturated heterocycles. The summed E-state index contributed by atoms with van der Waals surface area (Å²) < 4.78 is 1.54. The van der Waals surface area contributed by atoms with Gasteiger partial charge in [-0.25, -0.2) is 14.4 Å². The van der Waals surface area contributed by atoms with Gasteiger partial charge < -0.3 is 15.3 Å². The number of carbonyl (C=O) groups is 3. The second-order valence-corrected chi connectivity index (χ2v) is 4.60. The average molecular weight is 302 g/mol. The van der Waals surface area contributed by atoms with Gasteiger partial charge in [0.2, 0.25) is 0 Å². The smallest absolute Gasteiger partial charge is 0.341 e. The van der Waals surface area contributed by atoms with Gasteiger partial charge in [-0.3, -0.25) is 0 Å². The first kappa shape index (κ1) is 15.2. The highest BCUT2D eigenvalue weighted by Crippen LogP contribution is 2.11. The number of carboxylic acids is 3. The maximum absolute atomic E-state index is 11.0. The number of carboxylic acid groups (broad SMARTS) is 3. The fourth-order valence-corrected chi connectivity index (χ4v) is 1.99. The third kappa shape index (κ3) is 3.45. The van der Waals surface area contributed by atoms with Crippen LogP contribution in [0.3, 0.4) is 0 Å². The number of benzene rings is 1. The van der Waals surface area contributed by atoms with Crippen molar-refractivity contribution in [3.63, 3.8) is 0 Å². The quantitative estimate of drug-likeness (QED) is 0.713. The third-order valence-corrected chi connectivity index (χ3v) is 2.96. The van der Waals surface area contributed by atoms with Crippen LogP contribution in [0.2, 0.25) is 0 Å². The van der Waals surface area contributed by atoms with Crippen LogP contribution in [-0.4, -0.2) is 33.2 Å². The Morgan fingerprint density at radius 1 is 0.864 bits per heavy atom. The van der Waals surface area contributed by atoms with Gasteiger partial charge in [0.25, 0.3) is 0 Å². The molecule has 0 spiro atoms. The van der Waals surface area contributed by atoms with Gasteiger partial charge in [0.15, 0.2) is 18.9 Å². The second kappa shape index (κ2) is 6.04. The van der Waals surface area contributed by atoms with Crippen molar-refractivity contribution in [3.05, 3.63) is 65.0 Å². The van der Waals surface area contributed by atoms with E-state index < -0.39 is 17.9 Å². The molecular formula is C15H12NO6+. The normalized spacial score (nSPS) is 10.2. The SMILES string of the molecule is O=C(O)c1cc(C[n+]2cccc(C(=O)O)c2)cc(C(=O)O)c1. The van der Waals surface area contributed by atoms with Crippen LogP contribution < -0.4 is 4.57 Å². The Labute approximate surface area is 124 Å². The molecule has 0 radical (unpaired) electrons. The molecule has 1 aromatic carbocycles. The van der Waals surface area contributed by atoms with E-state index in [1.807, 2.05) is 0 Å². The highest BCUT2D eigenvalue weighted by molar-refractivity contribution is 5.94. The number of rotatable bonds is 5. The van der Waals surface area contributed by atoms with Crippen molar-refractivity contribution in [1.29, 1.82) is 0 Å². The summed E-state index contributed by atoms with van der Waals surface area (Å²) in [4.78, 5) is 33.0. The Balaban J connectivity index is 2.40. The van der Waals surface area contributed by atoms with E-state index in [4.69, 9.17) is 15.3 Å². The molecule has 0 atom stereocenters. The first-order valence-corrected chi connectivity index (χ1v) is 6.20. The molecule has 0 aliphatic heterocycles. The Morgan fingerprint density at radius 2 is 1.41 bits per heavy atom. The summed E-state index contributed by atoms with van der Waals surface area (Å²) in [5.74, 6) is -3.54. The summed E-state index contributed by atoms with van der Waals surface area (Å²) in [7, 11) is 0. The van der Waals surface area contributed by atoms with Crippen LogP contribution in [0.15, 0.2) is 42.7 Å². The Morgan fingerprint density at radius 3 is 1.91 bits per heavy atom. The van der Waals surface area contributed by atoms with Crippen molar-refractivity contribution in [3.8, 4) is 0 Å². The number of hydrogen-bond donors (Lipinski definition) is 3. The predicted octanol–water partition coefficient (Wildman–Crippen LogP) is 1.12. The van der Waals surface area contributed by atoms with E-state index >= 15 is 0 Å². The molecule has 2 aromatic rings. The molecule has 0 aliphatic rings. The molecule has 1 aromatic heterocycles. The lowest BCUT2D eigenvalue weighted by atomic mass is 10.1. The zero-order chi connectivity index (χ0) is 16.3. The predicted molar refractivity (Wildman–Crippen MR) is 73.1 cm³/mol. The molecule has 7 nitrogen and oxygen atoms in total. The lowest BCUT2D eigenvalue weighted by Gasteiger charge is -2.03. The molecular weight excluding hydrogens is 290 g/mol. The fraction of sp³-hybridized carbons (Fsp3) is 0.0667. The third-order valence-electron chi connectivity index (χ3n) is 2.96. The summed E-state index contributed by atoms with van der Waals surface area (Å²) in [5, 5.41) is 27.0. The van der Waals surface area contributed by atoms with E-state index in [1.165, 1.54) is 29.0 Å². The molecule has 0 fully saturated rings. The van der Waals surface area contributed by atoms with Gasteiger partial charge in [0.1, 0.15) is 5.56 Å². The molecule has 112 valence electrons. The van der Waals surface area contributed by atoms with Crippen molar-refractivity contribution >= 4 is 17.9 Å². The van der Waals surface area contributed by atoms with Gasteiger partial charge in [-0.2, -0.15) is 4.57 Å². The van der Waals surface area contributed by atoms with Crippen LogP contribution in [0.4, 0.5) is 0 Å². The Bertz CT molecular complexity index is 736. The standard InChI is InChI=1S/C15H11NO6/c17-13(18)10-2-1-3-16(8-10)7-9-4-11(14(19)20)6-12(5-9)15(21)22/h1-6,8H,7H2,(H2-,17,18,19,20,21,22)/p+1. The summed E-state index contributed by atoms with van der Waals surface area (Å²) in [6, 6.07) is 6.76. The minimum atomic E-state index is -1.23. The summed E-state index contributed by atoms with van der Waals surface area (Å²) >= 11 is 0. The maximum Gasteiger partial charge on any atom is 0.341 e. The van der Waals surface area contributed by atoms with Crippen LogP contribution in [-0.2, 0) is 6.54 Å². The molecule has 7 heteroatoms. The van der Waals surface area contributed by atoms with Crippen LogP contribution in [0, 0.1) is 0 Å². The number of hydrogen-bond acceptors (Lipinski definition) is 3. The van der Waals surface area contributed by atoms with Crippen molar-refractivity contribution in [2.75, 3.05) is 0 Å². The molecule has 2 rings (SSSR count). The van der Waals surface area contributed by atoms with E-state index in [9.17, 15) is 14.4 Å². The first-order valence-electron chi connectivity index (χ1n) is 6.20. The van der Waals surface area contributed by atoms with E-state index in [-0.39, 0.29) is 23.2 Å². The molecule has 22 heavy (non-hydrogen) atoms. The number of aromatic carboxylic acids is 3. The summed E-state index contributed by atoms with van der Waals surface area (Å²) in [6.45, 7) is 0.155. The van der Waals surface area contributed by atoms with Gasteiger partial charge in [-0.1, -0.05) is 0 Å². The van der Waals surface area contributed by atoms with E-state index in [1.54, 1.807) is 12.3 Å². The number of pyridine rings is 1. The number of nitrogens with zero attached hydrogens (tertiary/aromatic N) is 1. The van der Waals surface area contributed by atoms with Gasteiger partial charge in [0, 0.05) is 11.6 Å². The average Bonchev–Trinajstić information content (AvgIpc) is 2.47. The molecule has 0 bridgehead atoms. The van der Waals surface area contributed by atoms with Gasteiger partial charge in [-0.15, -0.1) is 0 Å². The van der Waals surface area contributed by atoms with Crippen molar-refractivity contribution in [2.45, 2.75) is 6.54 Å². The van der Waals surface area contributed by atoms with E-state index in [0.29, 0.717) is 5.56 Å². The van der Waals surface area contributed by atoms with Gasteiger partial charge in [0.05, 0.1) is 11.1 Å². The zero-order valence-corrected chi connectivity index (χ0v) is 11.3. The van der Waals surface area contributed by atoms with Crippen LogP contribution in [0.1, 0.15) is 36.6 Å². The van der Waals surface area contributed by atoms with Crippen molar-refractivity contribution < 1.29 is 34.3 Å².